The third kappa shape index (κ3) is 3.45. The first-order valence-electron chi connectivity index (χ1n) is 7.10. The number of piperidine rings is 1. The monoisotopic (exact) mass is 328 g/mol. The van der Waals surface area contributed by atoms with Crippen molar-refractivity contribution in [1.82, 2.24) is 14.3 Å². The van der Waals surface area contributed by atoms with Gasteiger partial charge < -0.3 is 5.73 Å². The summed E-state index contributed by atoms with van der Waals surface area (Å²) in [6, 6.07) is 2.20. The van der Waals surface area contributed by atoms with Gasteiger partial charge in [0.25, 0.3) is 5.56 Å². The molecule has 2 aromatic rings. The van der Waals surface area contributed by atoms with E-state index in [4.69, 9.17) is 5.73 Å². The molecule has 2 atom stereocenters. The number of nitrogens with zero attached hydrogens (tertiary/aromatic N) is 3. The molecule has 2 aromatic heterocycles. The first-order valence-corrected chi connectivity index (χ1v) is 7.98. The maximum Gasteiger partial charge on any atom is 0.258 e. The Kier molecular flexibility index (Phi) is 5.37. The highest BCUT2D eigenvalue weighted by Crippen LogP contribution is 2.21. The standard InChI is InChI=1S/C14H20N4OS.ClH/c1-10(15)12-4-2-3-5-17(12)9-11-8-13(19)18-6-7-20-14(18)16-11;/h6-8,10,12H,2-5,9,15H2,1H3;1H. The molecule has 0 saturated carbocycles. The molecular weight excluding hydrogens is 308 g/mol. The molecule has 0 radical (unpaired) electrons. The molecule has 3 heterocycles. The van der Waals surface area contributed by atoms with Crippen LogP contribution < -0.4 is 11.3 Å². The van der Waals surface area contributed by atoms with E-state index in [2.05, 4.69) is 16.8 Å². The highest BCUT2D eigenvalue weighted by atomic mass is 35.5. The zero-order valence-electron chi connectivity index (χ0n) is 12.1. The van der Waals surface area contributed by atoms with Gasteiger partial charge in [-0.3, -0.25) is 14.1 Å². The fourth-order valence-electron chi connectivity index (χ4n) is 2.99. The predicted molar refractivity (Wildman–Crippen MR) is 88.3 cm³/mol. The van der Waals surface area contributed by atoms with Crippen LogP contribution in [0.1, 0.15) is 31.9 Å². The number of halogens is 1. The topological polar surface area (TPSA) is 63.6 Å². The molecule has 7 heteroatoms. The molecule has 1 fully saturated rings. The minimum atomic E-state index is 0. The van der Waals surface area contributed by atoms with E-state index in [1.807, 2.05) is 5.38 Å². The lowest BCUT2D eigenvalue weighted by Crippen LogP contribution is -2.48. The summed E-state index contributed by atoms with van der Waals surface area (Å²) in [5.74, 6) is 0. The summed E-state index contributed by atoms with van der Waals surface area (Å²) in [6.45, 7) is 3.82. The molecule has 0 spiro atoms. The molecule has 1 saturated heterocycles. The molecule has 0 bridgehead atoms. The van der Waals surface area contributed by atoms with Crippen molar-refractivity contribution in [3.8, 4) is 0 Å². The van der Waals surface area contributed by atoms with E-state index in [0.717, 1.165) is 30.2 Å². The van der Waals surface area contributed by atoms with Crippen LogP contribution in [0.4, 0.5) is 0 Å². The average molecular weight is 329 g/mol. The van der Waals surface area contributed by atoms with E-state index in [-0.39, 0.29) is 24.0 Å². The van der Waals surface area contributed by atoms with Gasteiger partial charge in [-0.1, -0.05) is 6.42 Å². The number of hydrogen-bond donors (Lipinski definition) is 1. The van der Waals surface area contributed by atoms with Gasteiger partial charge in [-0.25, -0.2) is 4.98 Å². The van der Waals surface area contributed by atoms with Crippen LogP contribution in [0.5, 0.6) is 0 Å². The van der Waals surface area contributed by atoms with Gasteiger partial charge in [0.05, 0.1) is 5.69 Å². The summed E-state index contributed by atoms with van der Waals surface area (Å²) >= 11 is 1.49. The average Bonchev–Trinajstić information content (AvgIpc) is 2.88. The van der Waals surface area contributed by atoms with Crippen molar-refractivity contribution in [2.24, 2.45) is 5.73 Å². The van der Waals surface area contributed by atoms with Crippen LogP contribution in [0.2, 0.25) is 0 Å². The molecule has 0 aliphatic carbocycles. The zero-order chi connectivity index (χ0) is 14.1. The third-order valence-electron chi connectivity index (χ3n) is 3.99. The highest BCUT2D eigenvalue weighted by molar-refractivity contribution is 7.15. The molecule has 116 valence electrons. The molecule has 21 heavy (non-hydrogen) atoms. The van der Waals surface area contributed by atoms with Crippen LogP contribution in [-0.4, -0.2) is 32.9 Å². The number of nitrogens with two attached hydrogens (primary N) is 1. The molecule has 2 unspecified atom stereocenters. The molecule has 0 amide bonds. The van der Waals surface area contributed by atoms with Gasteiger partial charge in [0.15, 0.2) is 4.96 Å². The lowest BCUT2D eigenvalue weighted by Gasteiger charge is -2.37. The summed E-state index contributed by atoms with van der Waals surface area (Å²) in [5, 5.41) is 1.89. The lowest BCUT2D eigenvalue weighted by atomic mass is 9.97. The summed E-state index contributed by atoms with van der Waals surface area (Å²) in [6.07, 6.45) is 5.34. The largest absolute Gasteiger partial charge is 0.327 e. The van der Waals surface area contributed by atoms with Crippen LogP contribution in [0.15, 0.2) is 22.4 Å². The fraction of sp³-hybridized carbons (Fsp3) is 0.571. The van der Waals surface area contributed by atoms with Gasteiger partial charge in [-0.2, -0.15) is 0 Å². The molecule has 0 aromatic carbocycles. The van der Waals surface area contributed by atoms with Gasteiger partial charge in [-0.05, 0) is 26.3 Å². The smallest absolute Gasteiger partial charge is 0.258 e. The fourth-order valence-corrected chi connectivity index (χ4v) is 3.72. The predicted octanol–water partition coefficient (Wildman–Crippen LogP) is 1.88. The Morgan fingerprint density at radius 1 is 1.52 bits per heavy atom. The zero-order valence-corrected chi connectivity index (χ0v) is 13.7. The van der Waals surface area contributed by atoms with Crippen molar-refractivity contribution < 1.29 is 0 Å². The second-order valence-corrected chi connectivity index (χ2v) is 6.41. The number of rotatable bonds is 3. The van der Waals surface area contributed by atoms with Gasteiger partial charge in [-0.15, -0.1) is 23.7 Å². The summed E-state index contributed by atoms with van der Waals surface area (Å²) < 4.78 is 1.59. The number of aromatic nitrogens is 2. The second-order valence-electron chi connectivity index (χ2n) is 5.53. The van der Waals surface area contributed by atoms with E-state index < -0.39 is 0 Å². The van der Waals surface area contributed by atoms with E-state index in [0.29, 0.717) is 6.04 Å². The van der Waals surface area contributed by atoms with Crippen LogP contribution in [0.3, 0.4) is 0 Å². The maximum atomic E-state index is 12.0. The maximum absolute atomic E-state index is 12.0. The third-order valence-corrected chi connectivity index (χ3v) is 4.75. The van der Waals surface area contributed by atoms with Crippen LogP contribution in [-0.2, 0) is 6.54 Å². The van der Waals surface area contributed by atoms with Gasteiger partial charge in [0.2, 0.25) is 0 Å². The van der Waals surface area contributed by atoms with Crippen LogP contribution in [0, 0.1) is 0 Å². The molecule has 5 nitrogen and oxygen atoms in total. The summed E-state index contributed by atoms with van der Waals surface area (Å²) in [5.41, 5.74) is 6.94. The lowest BCUT2D eigenvalue weighted by molar-refractivity contribution is 0.121. The molecular formula is C14H21ClN4OS. The van der Waals surface area contributed by atoms with E-state index in [1.54, 1.807) is 16.7 Å². The number of fused-ring (bicyclic) bond motifs is 1. The van der Waals surface area contributed by atoms with Crippen molar-refractivity contribution in [2.45, 2.75) is 44.8 Å². The summed E-state index contributed by atoms with van der Waals surface area (Å²) in [7, 11) is 0. The second kappa shape index (κ2) is 6.87. The van der Waals surface area contributed by atoms with E-state index in [9.17, 15) is 4.79 Å². The molecule has 3 rings (SSSR count). The van der Waals surface area contributed by atoms with E-state index >= 15 is 0 Å². The number of hydrogen-bond acceptors (Lipinski definition) is 5. The first-order chi connectivity index (χ1) is 9.65. The highest BCUT2D eigenvalue weighted by Gasteiger charge is 2.25. The van der Waals surface area contributed by atoms with Gasteiger partial charge >= 0.3 is 0 Å². The van der Waals surface area contributed by atoms with Gasteiger partial charge in [0.1, 0.15) is 0 Å². The minimum Gasteiger partial charge on any atom is -0.327 e. The minimum absolute atomic E-state index is 0. The van der Waals surface area contributed by atoms with Crippen molar-refractivity contribution in [1.29, 1.82) is 0 Å². The quantitative estimate of drug-likeness (QED) is 0.934. The Balaban J connectivity index is 0.00000161. The SMILES string of the molecule is CC(N)C1CCCCN1Cc1cc(=O)n2ccsc2n1.Cl. The van der Waals surface area contributed by atoms with Crippen molar-refractivity contribution in [2.75, 3.05) is 6.54 Å². The Bertz CT molecular complexity index is 654. The Morgan fingerprint density at radius 2 is 2.33 bits per heavy atom. The molecule has 2 N–H and O–H groups in total. The van der Waals surface area contributed by atoms with E-state index in [1.165, 1.54) is 24.2 Å². The normalized spacial score (nSPS) is 21.1. The van der Waals surface area contributed by atoms with Crippen LogP contribution in [0.25, 0.3) is 4.96 Å². The number of thiazole rings is 1. The number of likely N-dealkylation sites (tertiary alicyclic amines) is 1. The van der Waals surface area contributed by atoms with Crippen molar-refractivity contribution in [3.63, 3.8) is 0 Å². The Labute approximate surface area is 134 Å². The first kappa shape index (κ1) is 16.4. The van der Waals surface area contributed by atoms with Crippen molar-refractivity contribution >= 4 is 28.7 Å². The molecule has 1 aliphatic heterocycles. The van der Waals surface area contributed by atoms with Crippen molar-refractivity contribution in [3.05, 3.63) is 33.7 Å². The Hall–Kier alpha value is -0.950. The Morgan fingerprint density at radius 3 is 3.10 bits per heavy atom. The molecule has 1 aliphatic rings. The van der Waals surface area contributed by atoms with Crippen LogP contribution >= 0.6 is 23.7 Å². The summed E-state index contributed by atoms with van der Waals surface area (Å²) in [4.78, 5) is 19.7. The van der Waals surface area contributed by atoms with Gasteiger partial charge in [0, 0.05) is 36.3 Å².